The summed E-state index contributed by atoms with van der Waals surface area (Å²) < 4.78 is 5.15. The van der Waals surface area contributed by atoms with Crippen molar-refractivity contribution in [1.82, 2.24) is 10.2 Å². The van der Waals surface area contributed by atoms with Crippen LogP contribution in [0.15, 0.2) is 53.4 Å². The summed E-state index contributed by atoms with van der Waals surface area (Å²) in [7, 11) is 1.63. The van der Waals surface area contributed by atoms with E-state index in [0.29, 0.717) is 5.13 Å². The van der Waals surface area contributed by atoms with E-state index >= 15 is 0 Å². The van der Waals surface area contributed by atoms with Crippen LogP contribution in [0.4, 0.5) is 5.13 Å². The van der Waals surface area contributed by atoms with E-state index in [1.165, 1.54) is 28.7 Å². The Labute approximate surface area is 160 Å². The van der Waals surface area contributed by atoms with E-state index in [4.69, 9.17) is 4.74 Å². The number of amides is 1. The van der Waals surface area contributed by atoms with E-state index in [0.717, 1.165) is 21.2 Å². The summed E-state index contributed by atoms with van der Waals surface area (Å²) in [4.78, 5) is 13.5. The molecule has 0 saturated carbocycles. The summed E-state index contributed by atoms with van der Waals surface area (Å²) in [5.74, 6) is 0.696. The van der Waals surface area contributed by atoms with Gasteiger partial charge in [-0.25, -0.2) is 0 Å². The van der Waals surface area contributed by atoms with Crippen LogP contribution >= 0.6 is 23.1 Å². The fraction of sp³-hybridized carbons (Fsp3) is 0.211. The Bertz CT molecular complexity index is 877. The van der Waals surface area contributed by atoms with Gasteiger partial charge < -0.3 is 4.74 Å². The van der Waals surface area contributed by atoms with Crippen molar-refractivity contribution in [3.05, 3.63) is 54.1 Å². The lowest BCUT2D eigenvalue weighted by Crippen LogP contribution is -2.22. The summed E-state index contributed by atoms with van der Waals surface area (Å²) in [5, 5.41) is 12.1. The topological polar surface area (TPSA) is 64.1 Å². The minimum atomic E-state index is -0.231. The van der Waals surface area contributed by atoms with E-state index in [-0.39, 0.29) is 11.2 Å². The number of thioether (sulfide) groups is 1. The highest BCUT2D eigenvalue weighted by molar-refractivity contribution is 8.00. The first-order chi connectivity index (χ1) is 12.5. The van der Waals surface area contributed by atoms with Gasteiger partial charge in [-0.3, -0.25) is 10.1 Å². The largest absolute Gasteiger partial charge is 0.497 e. The lowest BCUT2D eigenvalue weighted by Gasteiger charge is -2.10. The number of aromatic nitrogens is 2. The molecule has 0 aliphatic heterocycles. The predicted octanol–water partition coefficient (Wildman–Crippen LogP) is 4.64. The van der Waals surface area contributed by atoms with Crippen LogP contribution in [-0.4, -0.2) is 28.5 Å². The van der Waals surface area contributed by atoms with Gasteiger partial charge in [-0.1, -0.05) is 29.0 Å². The maximum absolute atomic E-state index is 12.4. The molecule has 1 heterocycles. The molecule has 1 amide bonds. The van der Waals surface area contributed by atoms with Crippen molar-refractivity contribution < 1.29 is 9.53 Å². The molecule has 1 unspecified atom stereocenters. The molecule has 3 rings (SSSR count). The third kappa shape index (κ3) is 4.62. The number of anilines is 1. The van der Waals surface area contributed by atoms with Gasteiger partial charge in [0.05, 0.1) is 12.4 Å². The smallest absolute Gasteiger partial charge is 0.239 e. The Morgan fingerprint density at radius 2 is 1.81 bits per heavy atom. The summed E-state index contributed by atoms with van der Waals surface area (Å²) in [5.41, 5.74) is 2.14. The highest BCUT2D eigenvalue weighted by atomic mass is 32.2. The van der Waals surface area contributed by atoms with Crippen molar-refractivity contribution in [3.8, 4) is 16.3 Å². The number of hydrogen-bond donors (Lipinski definition) is 1. The minimum Gasteiger partial charge on any atom is -0.497 e. The van der Waals surface area contributed by atoms with Crippen LogP contribution in [0.5, 0.6) is 5.75 Å². The Morgan fingerprint density at radius 1 is 1.12 bits per heavy atom. The first-order valence-corrected chi connectivity index (χ1v) is 9.77. The summed E-state index contributed by atoms with van der Waals surface area (Å²) in [6.07, 6.45) is 0. The van der Waals surface area contributed by atoms with E-state index in [2.05, 4.69) is 15.5 Å². The monoisotopic (exact) mass is 385 g/mol. The maximum atomic E-state index is 12.4. The SMILES string of the molecule is COc1ccc(-c2nnc(NC(=O)C(C)Sc3ccc(C)cc3)s2)cc1. The van der Waals surface area contributed by atoms with Crippen LogP contribution < -0.4 is 10.1 Å². The number of ether oxygens (including phenoxy) is 1. The van der Waals surface area contributed by atoms with Gasteiger partial charge in [-0.15, -0.1) is 22.0 Å². The van der Waals surface area contributed by atoms with Crippen LogP contribution in [0.25, 0.3) is 10.6 Å². The second kappa shape index (κ2) is 8.33. The zero-order valence-electron chi connectivity index (χ0n) is 14.7. The number of methoxy groups -OCH3 is 1. The predicted molar refractivity (Wildman–Crippen MR) is 107 cm³/mol. The molecular weight excluding hydrogens is 366 g/mol. The molecule has 0 bridgehead atoms. The van der Waals surface area contributed by atoms with Crippen LogP contribution in [0, 0.1) is 6.92 Å². The molecule has 134 valence electrons. The second-order valence-electron chi connectivity index (χ2n) is 5.70. The molecule has 0 aliphatic rings. The van der Waals surface area contributed by atoms with Crippen molar-refractivity contribution in [2.75, 3.05) is 12.4 Å². The highest BCUT2D eigenvalue weighted by Gasteiger charge is 2.17. The standard InChI is InChI=1S/C19H19N3O2S2/c1-12-4-10-16(11-5-12)25-13(2)17(23)20-19-22-21-18(26-19)14-6-8-15(24-3)9-7-14/h4-11,13H,1-3H3,(H,20,22,23). The molecule has 5 nitrogen and oxygen atoms in total. The maximum Gasteiger partial charge on any atom is 0.239 e. The molecular formula is C19H19N3O2S2. The average molecular weight is 386 g/mol. The van der Waals surface area contributed by atoms with Gasteiger partial charge in [0.1, 0.15) is 10.8 Å². The van der Waals surface area contributed by atoms with Gasteiger partial charge in [0.15, 0.2) is 0 Å². The van der Waals surface area contributed by atoms with Crippen molar-refractivity contribution in [2.24, 2.45) is 0 Å². The third-order valence-corrected chi connectivity index (χ3v) is 5.69. The van der Waals surface area contributed by atoms with Gasteiger partial charge in [0.25, 0.3) is 0 Å². The van der Waals surface area contributed by atoms with Crippen LogP contribution in [0.2, 0.25) is 0 Å². The highest BCUT2D eigenvalue weighted by Crippen LogP contribution is 2.29. The van der Waals surface area contributed by atoms with Crippen molar-refractivity contribution in [1.29, 1.82) is 0 Å². The molecule has 1 atom stereocenters. The molecule has 26 heavy (non-hydrogen) atoms. The third-order valence-electron chi connectivity index (χ3n) is 3.70. The molecule has 0 saturated heterocycles. The summed E-state index contributed by atoms with van der Waals surface area (Å²) >= 11 is 2.87. The quantitative estimate of drug-likeness (QED) is 0.626. The normalized spacial score (nSPS) is 11.8. The average Bonchev–Trinajstić information content (AvgIpc) is 3.12. The van der Waals surface area contributed by atoms with Crippen LogP contribution in [-0.2, 0) is 4.79 Å². The van der Waals surface area contributed by atoms with Gasteiger partial charge >= 0.3 is 0 Å². The van der Waals surface area contributed by atoms with Crippen molar-refractivity contribution in [3.63, 3.8) is 0 Å². The summed E-state index contributed by atoms with van der Waals surface area (Å²) in [6.45, 7) is 3.92. The first kappa shape index (κ1) is 18.4. The first-order valence-electron chi connectivity index (χ1n) is 8.07. The fourth-order valence-electron chi connectivity index (χ4n) is 2.21. The Morgan fingerprint density at radius 3 is 2.46 bits per heavy atom. The molecule has 1 aromatic heterocycles. The number of rotatable bonds is 6. The summed E-state index contributed by atoms with van der Waals surface area (Å²) in [6, 6.07) is 15.7. The van der Waals surface area contributed by atoms with Crippen LogP contribution in [0.3, 0.4) is 0 Å². The van der Waals surface area contributed by atoms with Gasteiger partial charge in [0, 0.05) is 10.5 Å². The van der Waals surface area contributed by atoms with Crippen molar-refractivity contribution >= 4 is 34.1 Å². The second-order valence-corrected chi connectivity index (χ2v) is 8.09. The van der Waals surface area contributed by atoms with Gasteiger partial charge in [0.2, 0.25) is 11.0 Å². The number of carbonyl (C=O) groups is 1. The molecule has 0 spiro atoms. The fourth-order valence-corrected chi connectivity index (χ4v) is 3.82. The molecule has 7 heteroatoms. The lowest BCUT2D eigenvalue weighted by atomic mass is 10.2. The molecule has 3 aromatic rings. The molecule has 1 N–H and O–H groups in total. The lowest BCUT2D eigenvalue weighted by molar-refractivity contribution is -0.115. The number of hydrogen-bond acceptors (Lipinski definition) is 6. The van der Waals surface area contributed by atoms with Gasteiger partial charge in [-0.05, 0) is 50.2 Å². The van der Waals surface area contributed by atoms with Crippen LogP contribution in [0.1, 0.15) is 12.5 Å². The Hall–Kier alpha value is -2.38. The van der Waals surface area contributed by atoms with E-state index in [1.807, 2.05) is 62.4 Å². The van der Waals surface area contributed by atoms with Gasteiger partial charge in [-0.2, -0.15) is 0 Å². The number of benzene rings is 2. The molecule has 0 radical (unpaired) electrons. The molecule has 0 aliphatic carbocycles. The number of aryl methyl sites for hydroxylation is 1. The Kier molecular flexibility index (Phi) is 5.90. The zero-order chi connectivity index (χ0) is 18.5. The van der Waals surface area contributed by atoms with Crippen molar-refractivity contribution in [2.45, 2.75) is 24.0 Å². The number of nitrogens with one attached hydrogen (secondary N) is 1. The minimum absolute atomic E-state index is 0.0898. The number of carbonyl (C=O) groups excluding carboxylic acids is 1. The Balaban J connectivity index is 1.62. The van der Waals surface area contributed by atoms with E-state index in [9.17, 15) is 4.79 Å². The van der Waals surface area contributed by atoms with E-state index < -0.39 is 0 Å². The zero-order valence-corrected chi connectivity index (χ0v) is 16.4. The van der Waals surface area contributed by atoms with E-state index in [1.54, 1.807) is 7.11 Å². The molecule has 0 fully saturated rings. The molecule has 2 aromatic carbocycles. The number of nitrogens with zero attached hydrogens (tertiary/aromatic N) is 2.